The van der Waals surface area contributed by atoms with Crippen LogP contribution >= 0.6 is 0 Å². The number of ether oxygens (including phenoxy) is 2. The van der Waals surface area contributed by atoms with E-state index < -0.39 is 24.6 Å². The van der Waals surface area contributed by atoms with Crippen molar-refractivity contribution in [2.45, 2.75) is 25.4 Å². The van der Waals surface area contributed by atoms with Gasteiger partial charge in [0.05, 0.1) is 12.7 Å². The van der Waals surface area contributed by atoms with Crippen molar-refractivity contribution < 1.29 is 24.5 Å². The van der Waals surface area contributed by atoms with Crippen molar-refractivity contribution in [2.24, 2.45) is 5.92 Å². The average Bonchev–Trinajstić information content (AvgIpc) is 3.07. The molecule has 2 aromatic rings. The maximum Gasteiger partial charge on any atom is 0.506 e. The van der Waals surface area contributed by atoms with E-state index in [9.17, 15) is 14.7 Å². The first-order chi connectivity index (χ1) is 10.5. The predicted octanol–water partition coefficient (Wildman–Crippen LogP) is 0.0850. The summed E-state index contributed by atoms with van der Waals surface area (Å²) in [6.07, 6.45) is 0.811. The van der Waals surface area contributed by atoms with Gasteiger partial charge in [0.15, 0.2) is 12.3 Å². The van der Waals surface area contributed by atoms with E-state index in [2.05, 4.69) is 4.98 Å². The lowest BCUT2D eigenvalue weighted by Gasteiger charge is -2.22. The average molecular weight is 309 g/mol. The Morgan fingerprint density at radius 3 is 2.95 bits per heavy atom. The Balaban J connectivity index is 2.07. The smallest absolute Gasteiger partial charge is 0.450 e. The molecule has 0 bridgehead atoms. The van der Waals surface area contributed by atoms with Crippen LogP contribution in [0.2, 0.25) is 0 Å². The number of hydrogen-bond donors (Lipinski definition) is 2. The molecule has 1 aliphatic rings. The highest BCUT2D eigenvalue weighted by Crippen LogP contribution is 2.36. The molecule has 1 aliphatic heterocycles. The molecule has 0 radical (unpaired) electrons. The van der Waals surface area contributed by atoms with Crippen LogP contribution in [0.3, 0.4) is 0 Å². The number of hydrogen-bond acceptors (Lipinski definition) is 6. The van der Waals surface area contributed by atoms with Gasteiger partial charge >= 0.3 is 6.16 Å². The fraction of sp³-hybridized carbons (Fsp3) is 0.462. The number of rotatable bonds is 3. The van der Waals surface area contributed by atoms with Crippen LogP contribution in [0.1, 0.15) is 13.2 Å². The highest BCUT2D eigenvalue weighted by molar-refractivity contribution is 5.57. The van der Waals surface area contributed by atoms with Crippen molar-refractivity contribution in [1.29, 1.82) is 0 Å². The summed E-state index contributed by atoms with van der Waals surface area (Å²) < 4.78 is 13.5. The molecular weight excluding hydrogens is 294 g/mol. The summed E-state index contributed by atoms with van der Waals surface area (Å²) in [4.78, 5) is 26.8. The van der Waals surface area contributed by atoms with E-state index in [0.717, 1.165) is 0 Å². The van der Waals surface area contributed by atoms with Crippen LogP contribution in [0.25, 0.3) is 5.78 Å². The summed E-state index contributed by atoms with van der Waals surface area (Å²) in [6.45, 7) is 1.47. The lowest BCUT2D eigenvalue weighted by Crippen LogP contribution is -2.31. The first-order valence-corrected chi connectivity index (χ1v) is 6.73. The summed E-state index contributed by atoms with van der Waals surface area (Å²) in [6, 6.07) is 1.33. The van der Waals surface area contributed by atoms with Crippen molar-refractivity contribution in [1.82, 2.24) is 14.0 Å². The first-order valence-electron chi connectivity index (χ1n) is 6.73. The highest BCUT2D eigenvalue weighted by atomic mass is 16.7. The van der Waals surface area contributed by atoms with E-state index >= 15 is 0 Å². The predicted molar refractivity (Wildman–Crippen MR) is 72.5 cm³/mol. The van der Waals surface area contributed by atoms with E-state index in [4.69, 9.17) is 14.6 Å². The van der Waals surface area contributed by atoms with Crippen LogP contribution < -0.4 is 5.56 Å². The van der Waals surface area contributed by atoms with Crippen LogP contribution in [-0.2, 0) is 9.47 Å². The second kappa shape index (κ2) is 5.43. The molecule has 0 unspecified atom stereocenters. The Morgan fingerprint density at radius 1 is 1.50 bits per heavy atom. The van der Waals surface area contributed by atoms with Crippen molar-refractivity contribution >= 4 is 11.9 Å². The Hall–Kier alpha value is -2.39. The highest BCUT2D eigenvalue weighted by Gasteiger charge is 2.45. The molecule has 0 aromatic carbocycles. The molecule has 0 amide bonds. The summed E-state index contributed by atoms with van der Waals surface area (Å²) in [5, 5.41) is 18.3. The molecule has 0 aliphatic carbocycles. The number of fused-ring (bicyclic) bond motifs is 1. The van der Waals surface area contributed by atoms with Crippen LogP contribution in [0, 0.1) is 5.92 Å². The maximum absolute atomic E-state index is 11.8. The van der Waals surface area contributed by atoms with E-state index in [1.807, 2.05) is 0 Å². The number of aliphatic hydroxyl groups is 1. The molecule has 22 heavy (non-hydrogen) atoms. The van der Waals surface area contributed by atoms with Crippen LogP contribution in [-0.4, -0.2) is 49.1 Å². The van der Waals surface area contributed by atoms with Crippen LogP contribution in [0.15, 0.2) is 29.5 Å². The van der Waals surface area contributed by atoms with E-state index in [0.29, 0.717) is 5.78 Å². The Bertz CT molecular complexity index is 754. The molecule has 2 N–H and O–H groups in total. The van der Waals surface area contributed by atoms with Gasteiger partial charge in [0.2, 0.25) is 5.78 Å². The van der Waals surface area contributed by atoms with Crippen molar-refractivity contribution in [2.75, 3.05) is 6.61 Å². The zero-order valence-electron chi connectivity index (χ0n) is 11.7. The number of aromatic nitrogens is 3. The first kappa shape index (κ1) is 14.5. The lowest BCUT2D eigenvalue weighted by molar-refractivity contribution is -0.0587. The van der Waals surface area contributed by atoms with Crippen LogP contribution in [0.4, 0.5) is 4.79 Å². The van der Waals surface area contributed by atoms with E-state index in [1.165, 1.54) is 33.6 Å². The van der Waals surface area contributed by atoms with Crippen molar-refractivity contribution in [3.05, 3.63) is 35.0 Å². The fourth-order valence-electron chi connectivity index (χ4n) is 2.72. The molecule has 1 saturated heterocycles. The number of nitrogens with zero attached hydrogens (tertiary/aromatic N) is 3. The van der Waals surface area contributed by atoms with Gasteiger partial charge in [0.1, 0.15) is 0 Å². The van der Waals surface area contributed by atoms with Gasteiger partial charge in [-0.15, -0.1) is 0 Å². The zero-order valence-corrected chi connectivity index (χ0v) is 11.7. The van der Waals surface area contributed by atoms with E-state index in [-0.39, 0.29) is 18.1 Å². The number of aliphatic hydroxyl groups excluding tert-OH is 1. The standard InChI is InChI=1S/C13H15N3O6/c1-7-8(6-17)21-11(10(7)22-13(19)20)16-4-2-9(18)15-5-3-14-12(15)16/h2-5,7-8,10-11,17H,6H2,1H3,(H,19,20)/t7-,8-,10-,11-/m1/s1. The van der Waals surface area contributed by atoms with Gasteiger partial charge in [-0.1, -0.05) is 6.92 Å². The molecule has 0 spiro atoms. The normalized spacial score (nSPS) is 28.1. The van der Waals surface area contributed by atoms with Gasteiger partial charge in [-0.05, 0) is 0 Å². The van der Waals surface area contributed by atoms with Crippen molar-refractivity contribution in [3.63, 3.8) is 0 Å². The second-order valence-corrected chi connectivity index (χ2v) is 5.11. The maximum atomic E-state index is 11.8. The minimum atomic E-state index is -1.43. The molecule has 3 rings (SSSR count). The second-order valence-electron chi connectivity index (χ2n) is 5.11. The monoisotopic (exact) mass is 309 g/mol. The topological polar surface area (TPSA) is 115 Å². The third kappa shape index (κ3) is 2.24. The zero-order chi connectivity index (χ0) is 15.9. The van der Waals surface area contributed by atoms with Crippen LogP contribution in [0.5, 0.6) is 0 Å². The Labute approximate surface area is 124 Å². The molecule has 1 fully saturated rings. The summed E-state index contributed by atoms with van der Waals surface area (Å²) in [5.41, 5.74) is -0.260. The van der Waals surface area contributed by atoms with Gasteiger partial charge in [0.25, 0.3) is 5.56 Å². The molecule has 3 heterocycles. The van der Waals surface area contributed by atoms with Gasteiger partial charge in [0, 0.05) is 30.6 Å². The third-order valence-corrected chi connectivity index (χ3v) is 3.86. The molecule has 118 valence electrons. The summed E-state index contributed by atoms with van der Waals surface area (Å²) >= 11 is 0. The molecule has 9 heteroatoms. The third-order valence-electron chi connectivity index (χ3n) is 3.86. The van der Waals surface area contributed by atoms with Gasteiger partial charge in [-0.3, -0.25) is 13.8 Å². The molecule has 0 saturated carbocycles. The quantitative estimate of drug-likeness (QED) is 0.772. The Morgan fingerprint density at radius 2 is 2.27 bits per heavy atom. The minimum Gasteiger partial charge on any atom is -0.450 e. The van der Waals surface area contributed by atoms with Crippen molar-refractivity contribution in [3.8, 4) is 0 Å². The summed E-state index contributed by atoms with van der Waals surface area (Å²) in [7, 11) is 0. The molecule has 2 aromatic heterocycles. The number of carboxylic acid groups (broad SMARTS) is 1. The number of carbonyl (C=O) groups is 1. The summed E-state index contributed by atoms with van der Waals surface area (Å²) in [5.74, 6) is -0.0391. The molecule has 4 atom stereocenters. The van der Waals surface area contributed by atoms with Gasteiger partial charge in [-0.25, -0.2) is 9.78 Å². The SMILES string of the molecule is C[C@H]1[C@@H](OC(=O)O)[C@H](n2ccc(=O)n3ccnc23)O[C@@H]1CO. The largest absolute Gasteiger partial charge is 0.506 e. The van der Waals surface area contributed by atoms with Gasteiger partial charge < -0.3 is 19.7 Å². The Kier molecular flexibility index (Phi) is 3.59. The molecule has 9 nitrogen and oxygen atoms in total. The van der Waals surface area contributed by atoms with E-state index in [1.54, 1.807) is 6.92 Å². The van der Waals surface area contributed by atoms with Gasteiger partial charge in [-0.2, -0.15) is 0 Å². The fourth-order valence-corrected chi connectivity index (χ4v) is 2.72. The molecular formula is C13H15N3O6. The lowest BCUT2D eigenvalue weighted by atomic mass is 10.0. The minimum absolute atomic E-state index is 0.260. The number of imidazole rings is 1.